The Kier molecular flexibility index (Phi) is 4.28. The van der Waals surface area contributed by atoms with Gasteiger partial charge in [0, 0.05) is 36.9 Å². The molecule has 18 heavy (non-hydrogen) atoms. The fraction of sp³-hybridized carbons (Fsp3) is 0.538. The maximum absolute atomic E-state index is 11.0. The van der Waals surface area contributed by atoms with Crippen LogP contribution in [0.15, 0.2) is 24.3 Å². The van der Waals surface area contributed by atoms with E-state index in [-0.39, 0.29) is 16.7 Å². The van der Waals surface area contributed by atoms with E-state index >= 15 is 0 Å². The molecule has 0 saturated carbocycles. The van der Waals surface area contributed by atoms with E-state index in [0.717, 1.165) is 31.6 Å². The zero-order chi connectivity index (χ0) is 13.0. The minimum absolute atomic E-state index is 0.0188. The van der Waals surface area contributed by atoms with Crippen molar-refractivity contribution in [2.24, 2.45) is 0 Å². The lowest BCUT2D eigenvalue weighted by Gasteiger charge is -2.26. The molecule has 1 heterocycles. The molecule has 1 saturated heterocycles. The van der Waals surface area contributed by atoms with Crippen LogP contribution in [-0.2, 0) is 4.74 Å². The van der Waals surface area contributed by atoms with Crippen molar-refractivity contribution in [2.45, 2.75) is 31.8 Å². The second kappa shape index (κ2) is 5.93. The van der Waals surface area contributed by atoms with Crippen LogP contribution in [0.3, 0.4) is 0 Å². The van der Waals surface area contributed by atoms with Crippen molar-refractivity contribution < 1.29 is 9.66 Å². The highest BCUT2D eigenvalue weighted by atomic mass is 16.6. The third-order valence-electron chi connectivity index (χ3n) is 3.31. The standard InChI is InChI=1S/C13H18N2O3/c1-10(14-11-6-8-18-9-7-11)12-4-2-3-5-13(12)15(16)17/h2-5,10-11,14H,6-9H2,1H3. The van der Waals surface area contributed by atoms with Gasteiger partial charge < -0.3 is 10.1 Å². The van der Waals surface area contributed by atoms with E-state index in [0.29, 0.717) is 6.04 Å². The number of rotatable bonds is 4. The summed E-state index contributed by atoms with van der Waals surface area (Å²) in [6.07, 6.45) is 1.93. The average molecular weight is 250 g/mol. The summed E-state index contributed by atoms with van der Waals surface area (Å²) in [5, 5.41) is 14.4. The minimum Gasteiger partial charge on any atom is -0.381 e. The highest BCUT2D eigenvalue weighted by molar-refractivity contribution is 5.41. The molecule has 1 fully saturated rings. The van der Waals surface area contributed by atoms with E-state index < -0.39 is 0 Å². The number of nitro benzene ring substituents is 1. The second-order valence-corrected chi connectivity index (χ2v) is 4.59. The second-order valence-electron chi connectivity index (χ2n) is 4.59. The predicted octanol–water partition coefficient (Wildman–Crippen LogP) is 2.42. The van der Waals surface area contributed by atoms with E-state index in [1.807, 2.05) is 19.1 Å². The highest BCUT2D eigenvalue weighted by Crippen LogP contribution is 2.25. The van der Waals surface area contributed by atoms with Gasteiger partial charge in [0.15, 0.2) is 0 Å². The van der Waals surface area contributed by atoms with Crippen LogP contribution in [0.1, 0.15) is 31.4 Å². The maximum atomic E-state index is 11.0. The molecule has 1 aromatic rings. The number of nitrogens with zero attached hydrogens (tertiary/aromatic N) is 1. The molecule has 0 amide bonds. The molecule has 2 rings (SSSR count). The molecule has 0 aromatic heterocycles. The molecule has 1 aromatic carbocycles. The summed E-state index contributed by atoms with van der Waals surface area (Å²) in [5.74, 6) is 0. The first-order chi connectivity index (χ1) is 8.68. The van der Waals surface area contributed by atoms with Crippen molar-refractivity contribution in [3.8, 4) is 0 Å². The van der Waals surface area contributed by atoms with Crippen LogP contribution in [0.25, 0.3) is 0 Å². The number of hydrogen-bond donors (Lipinski definition) is 1. The van der Waals surface area contributed by atoms with Crippen LogP contribution < -0.4 is 5.32 Å². The summed E-state index contributed by atoms with van der Waals surface area (Å²) in [5.41, 5.74) is 0.929. The Hall–Kier alpha value is -1.46. The van der Waals surface area contributed by atoms with E-state index in [1.54, 1.807) is 12.1 Å². The highest BCUT2D eigenvalue weighted by Gasteiger charge is 2.21. The molecule has 0 aliphatic carbocycles. The first kappa shape index (κ1) is 13.0. The molecule has 1 aliphatic heterocycles. The largest absolute Gasteiger partial charge is 0.381 e. The lowest BCUT2D eigenvalue weighted by atomic mass is 10.0. The Morgan fingerprint density at radius 2 is 2.06 bits per heavy atom. The normalized spacial score (nSPS) is 18.5. The average Bonchev–Trinajstić information content (AvgIpc) is 2.40. The molecule has 1 N–H and O–H groups in total. The lowest BCUT2D eigenvalue weighted by molar-refractivity contribution is -0.385. The lowest BCUT2D eigenvalue weighted by Crippen LogP contribution is -2.36. The van der Waals surface area contributed by atoms with Crippen LogP contribution in [0, 0.1) is 10.1 Å². The van der Waals surface area contributed by atoms with Crippen LogP contribution >= 0.6 is 0 Å². The first-order valence-corrected chi connectivity index (χ1v) is 6.25. The van der Waals surface area contributed by atoms with Gasteiger partial charge in [-0.25, -0.2) is 0 Å². The summed E-state index contributed by atoms with van der Waals surface area (Å²) in [6.45, 7) is 3.50. The predicted molar refractivity (Wildman–Crippen MR) is 68.5 cm³/mol. The molecule has 5 heteroatoms. The Morgan fingerprint density at radius 3 is 2.72 bits per heavy atom. The van der Waals surface area contributed by atoms with Crippen LogP contribution in [-0.4, -0.2) is 24.2 Å². The van der Waals surface area contributed by atoms with Crippen LogP contribution in [0.4, 0.5) is 5.69 Å². The third kappa shape index (κ3) is 3.05. The molecule has 1 atom stereocenters. The Morgan fingerprint density at radius 1 is 1.39 bits per heavy atom. The van der Waals surface area contributed by atoms with E-state index in [2.05, 4.69) is 5.32 Å². The van der Waals surface area contributed by atoms with E-state index in [1.165, 1.54) is 0 Å². The topological polar surface area (TPSA) is 64.4 Å². The Bertz CT molecular complexity index is 416. The minimum atomic E-state index is -0.322. The van der Waals surface area contributed by atoms with Gasteiger partial charge in [-0.05, 0) is 19.8 Å². The molecule has 0 spiro atoms. The van der Waals surface area contributed by atoms with Gasteiger partial charge >= 0.3 is 0 Å². The monoisotopic (exact) mass is 250 g/mol. The van der Waals surface area contributed by atoms with Crippen molar-refractivity contribution in [1.82, 2.24) is 5.32 Å². The van der Waals surface area contributed by atoms with Gasteiger partial charge in [-0.2, -0.15) is 0 Å². The number of nitro groups is 1. The molecule has 5 nitrogen and oxygen atoms in total. The zero-order valence-electron chi connectivity index (χ0n) is 10.5. The van der Waals surface area contributed by atoms with Crippen molar-refractivity contribution in [3.05, 3.63) is 39.9 Å². The quantitative estimate of drug-likeness (QED) is 0.658. The number of hydrogen-bond acceptors (Lipinski definition) is 4. The van der Waals surface area contributed by atoms with Crippen LogP contribution in [0.5, 0.6) is 0 Å². The molecule has 1 aliphatic rings. The third-order valence-corrected chi connectivity index (χ3v) is 3.31. The summed E-state index contributed by atoms with van der Waals surface area (Å²) in [4.78, 5) is 10.7. The summed E-state index contributed by atoms with van der Waals surface area (Å²) in [7, 11) is 0. The number of benzene rings is 1. The van der Waals surface area contributed by atoms with Gasteiger partial charge in [-0.15, -0.1) is 0 Å². The number of ether oxygens (including phenoxy) is 1. The van der Waals surface area contributed by atoms with E-state index in [4.69, 9.17) is 4.74 Å². The zero-order valence-corrected chi connectivity index (χ0v) is 10.5. The van der Waals surface area contributed by atoms with Crippen LogP contribution in [0.2, 0.25) is 0 Å². The molecule has 98 valence electrons. The molecule has 0 radical (unpaired) electrons. The molecule has 1 unspecified atom stereocenters. The molecular formula is C13H18N2O3. The summed E-state index contributed by atoms with van der Waals surface area (Å²) in [6, 6.07) is 7.27. The van der Waals surface area contributed by atoms with Crippen molar-refractivity contribution in [2.75, 3.05) is 13.2 Å². The van der Waals surface area contributed by atoms with E-state index in [9.17, 15) is 10.1 Å². The van der Waals surface area contributed by atoms with Crippen molar-refractivity contribution >= 4 is 5.69 Å². The first-order valence-electron chi connectivity index (χ1n) is 6.25. The Balaban J connectivity index is 2.08. The van der Waals surface area contributed by atoms with Gasteiger partial charge in [0.05, 0.1) is 4.92 Å². The van der Waals surface area contributed by atoms with Crippen molar-refractivity contribution in [3.63, 3.8) is 0 Å². The summed E-state index contributed by atoms with van der Waals surface area (Å²) >= 11 is 0. The van der Waals surface area contributed by atoms with Gasteiger partial charge in [-0.1, -0.05) is 18.2 Å². The molecular weight excluding hydrogens is 232 g/mol. The summed E-state index contributed by atoms with van der Waals surface area (Å²) < 4.78 is 5.30. The fourth-order valence-corrected chi connectivity index (χ4v) is 2.33. The van der Waals surface area contributed by atoms with Gasteiger partial charge in [0.25, 0.3) is 5.69 Å². The smallest absolute Gasteiger partial charge is 0.274 e. The van der Waals surface area contributed by atoms with Crippen molar-refractivity contribution in [1.29, 1.82) is 0 Å². The van der Waals surface area contributed by atoms with Gasteiger partial charge in [0.2, 0.25) is 0 Å². The maximum Gasteiger partial charge on any atom is 0.274 e. The fourth-order valence-electron chi connectivity index (χ4n) is 2.33. The molecule has 0 bridgehead atoms. The van der Waals surface area contributed by atoms with Gasteiger partial charge in [-0.3, -0.25) is 10.1 Å². The number of para-hydroxylation sites is 1. The Labute approximate surface area is 106 Å². The number of nitrogens with one attached hydrogen (secondary N) is 1. The van der Waals surface area contributed by atoms with Gasteiger partial charge in [0.1, 0.15) is 0 Å². The SMILES string of the molecule is CC(NC1CCOCC1)c1ccccc1[N+](=O)[O-].